The molecule has 2 heteroatoms. The van der Waals surface area contributed by atoms with Crippen molar-refractivity contribution in [2.45, 2.75) is 13.8 Å². The van der Waals surface area contributed by atoms with E-state index < -0.39 is 0 Å². The standard InChI is InChI=1S/C6H6.C4H11N.Al.3H/c1-2-4-6-5-3-1;1-3-5-4-2;;;;/h1-6H;5H,3-4H2,1-2H3;;;;. The van der Waals surface area contributed by atoms with Gasteiger partial charge in [0.2, 0.25) is 0 Å². The highest BCUT2D eigenvalue weighted by molar-refractivity contribution is 5.75. The molecular weight excluding hydrogens is 161 g/mol. The minimum Gasteiger partial charge on any atom is -0.317 e. The van der Waals surface area contributed by atoms with Crippen molar-refractivity contribution in [1.29, 1.82) is 0 Å². The second-order valence-electron chi connectivity index (χ2n) is 2.11. The van der Waals surface area contributed by atoms with Crippen LogP contribution in [-0.4, -0.2) is 30.5 Å². The van der Waals surface area contributed by atoms with Gasteiger partial charge < -0.3 is 5.32 Å². The van der Waals surface area contributed by atoms with Gasteiger partial charge in [-0.3, -0.25) is 0 Å². The Balaban J connectivity index is 0. The molecule has 0 spiro atoms. The van der Waals surface area contributed by atoms with E-state index in [1.54, 1.807) is 0 Å². The summed E-state index contributed by atoms with van der Waals surface area (Å²) in [7, 11) is 0. The van der Waals surface area contributed by atoms with Crippen LogP contribution in [0, 0.1) is 0 Å². The summed E-state index contributed by atoms with van der Waals surface area (Å²) in [6.45, 7) is 6.39. The molecule has 0 unspecified atom stereocenters. The van der Waals surface area contributed by atoms with Crippen LogP contribution < -0.4 is 5.32 Å². The molecule has 0 bridgehead atoms. The van der Waals surface area contributed by atoms with Gasteiger partial charge in [0, 0.05) is 0 Å². The fraction of sp³-hybridized carbons (Fsp3) is 0.400. The van der Waals surface area contributed by atoms with Crippen molar-refractivity contribution in [2.24, 2.45) is 0 Å². The minimum atomic E-state index is 0. The molecule has 1 rings (SSSR count). The molecule has 0 fully saturated rings. The van der Waals surface area contributed by atoms with Crippen molar-refractivity contribution in [3.05, 3.63) is 36.4 Å². The van der Waals surface area contributed by atoms with Gasteiger partial charge in [-0.25, -0.2) is 0 Å². The van der Waals surface area contributed by atoms with Gasteiger partial charge in [-0.2, -0.15) is 0 Å². The molecule has 68 valence electrons. The summed E-state index contributed by atoms with van der Waals surface area (Å²) < 4.78 is 0. The summed E-state index contributed by atoms with van der Waals surface area (Å²) >= 11 is 0. The maximum atomic E-state index is 3.11. The Morgan fingerprint density at radius 1 is 0.750 bits per heavy atom. The first-order valence-corrected chi connectivity index (χ1v) is 4.12. The third kappa shape index (κ3) is 12.4. The summed E-state index contributed by atoms with van der Waals surface area (Å²) in [5, 5.41) is 3.11. The Morgan fingerprint density at radius 3 is 1.08 bits per heavy atom. The maximum Gasteiger partial charge on any atom is 0.187 e. The maximum absolute atomic E-state index is 3.11. The van der Waals surface area contributed by atoms with Gasteiger partial charge >= 0.3 is 0 Å². The third-order valence-electron chi connectivity index (χ3n) is 1.17. The summed E-state index contributed by atoms with van der Waals surface area (Å²) in [4.78, 5) is 0. The molecule has 1 aromatic carbocycles. The van der Waals surface area contributed by atoms with E-state index in [-0.39, 0.29) is 17.4 Å². The number of nitrogens with one attached hydrogen (secondary N) is 1. The average molecular weight is 181 g/mol. The largest absolute Gasteiger partial charge is 0.317 e. The van der Waals surface area contributed by atoms with Crippen molar-refractivity contribution in [2.75, 3.05) is 13.1 Å². The van der Waals surface area contributed by atoms with Gasteiger partial charge in [0.05, 0.1) is 0 Å². The van der Waals surface area contributed by atoms with Gasteiger partial charge in [-0.1, -0.05) is 50.2 Å². The topological polar surface area (TPSA) is 12.0 Å². The molecule has 0 radical (unpaired) electrons. The van der Waals surface area contributed by atoms with Gasteiger partial charge in [-0.15, -0.1) is 0 Å². The predicted molar refractivity (Wildman–Crippen MR) is 60.6 cm³/mol. The summed E-state index contributed by atoms with van der Waals surface area (Å²) in [5.74, 6) is 0. The van der Waals surface area contributed by atoms with Crippen molar-refractivity contribution in [3.8, 4) is 0 Å². The highest BCUT2D eigenvalue weighted by atomic mass is 27.0. The zero-order chi connectivity index (χ0) is 8.36. The second-order valence-corrected chi connectivity index (χ2v) is 2.11. The Hall–Kier alpha value is -0.288. The molecule has 1 aromatic rings. The van der Waals surface area contributed by atoms with Crippen LogP contribution in [0.5, 0.6) is 0 Å². The van der Waals surface area contributed by atoms with Crippen LogP contribution >= 0.6 is 0 Å². The molecule has 0 heterocycles. The quantitative estimate of drug-likeness (QED) is 0.674. The summed E-state index contributed by atoms with van der Waals surface area (Å²) in [6, 6.07) is 12.0. The number of benzene rings is 1. The zero-order valence-electron chi connectivity index (χ0n) is 7.38. The van der Waals surface area contributed by atoms with Gasteiger partial charge in [0.25, 0.3) is 0 Å². The SMILES string of the molecule is CCNCC.[AlH3].c1ccccc1. The fourth-order valence-corrected chi connectivity index (χ4v) is 0.635. The highest BCUT2D eigenvalue weighted by Gasteiger charge is 1.62. The number of hydrogen-bond donors (Lipinski definition) is 1. The lowest BCUT2D eigenvalue weighted by Gasteiger charge is -1.86. The molecule has 1 N–H and O–H groups in total. The lowest BCUT2D eigenvalue weighted by Crippen LogP contribution is -2.09. The van der Waals surface area contributed by atoms with E-state index in [9.17, 15) is 0 Å². The first-order chi connectivity index (χ1) is 5.41. The smallest absolute Gasteiger partial charge is 0.187 e. The molecule has 0 aliphatic heterocycles. The highest BCUT2D eigenvalue weighted by Crippen LogP contribution is 1.79. The van der Waals surface area contributed by atoms with E-state index in [1.807, 2.05) is 36.4 Å². The van der Waals surface area contributed by atoms with E-state index in [0.29, 0.717) is 0 Å². The molecular formula is C10H20AlN. The van der Waals surface area contributed by atoms with Crippen molar-refractivity contribution < 1.29 is 0 Å². The molecule has 12 heavy (non-hydrogen) atoms. The first kappa shape index (κ1) is 14.2. The summed E-state index contributed by atoms with van der Waals surface area (Å²) in [6.07, 6.45) is 0. The Labute approximate surface area is 86.3 Å². The van der Waals surface area contributed by atoms with Crippen LogP contribution in [0.2, 0.25) is 0 Å². The molecule has 0 aliphatic carbocycles. The molecule has 0 saturated heterocycles. The van der Waals surface area contributed by atoms with Gasteiger partial charge in [0.1, 0.15) is 0 Å². The molecule has 0 atom stereocenters. The predicted octanol–water partition coefficient (Wildman–Crippen LogP) is 1.12. The number of rotatable bonds is 2. The van der Waals surface area contributed by atoms with Crippen molar-refractivity contribution in [1.82, 2.24) is 5.32 Å². The molecule has 0 aliphatic rings. The van der Waals surface area contributed by atoms with Crippen LogP contribution in [0.4, 0.5) is 0 Å². The molecule has 0 amide bonds. The Morgan fingerprint density at radius 2 is 1.00 bits per heavy atom. The van der Waals surface area contributed by atoms with Crippen LogP contribution in [-0.2, 0) is 0 Å². The molecule has 0 aromatic heterocycles. The van der Waals surface area contributed by atoms with Crippen molar-refractivity contribution in [3.63, 3.8) is 0 Å². The summed E-state index contributed by atoms with van der Waals surface area (Å²) in [5.41, 5.74) is 0. The first-order valence-electron chi connectivity index (χ1n) is 4.12. The zero-order valence-corrected chi connectivity index (χ0v) is 7.38. The van der Waals surface area contributed by atoms with E-state index >= 15 is 0 Å². The lowest BCUT2D eigenvalue weighted by atomic mass is 10.4. The fourth-order valence-electron chi connectivity index (χ4n) is 0.635. The molecule has 0 saturated carbocycles. The average Bonchev–Trinajstić information content (AvgIpc) is 2.10. The van der Waals surface area contributed by atoms with Crippen LogP contribution in [0.3, 0.4) is 0 Å². The minimum absolute atomic E-state index is 0. The lowest BCUT2D eigenvalue weighted by molar-refractivity contribution is 0.762. The van der Waals surface area contributed by atoms with Crippen molar-refractivity contribution >= 4 is 17.4 Å². The monoisotopic (exact) mass is 181 g/mol. The van der Waals surface area contributed by atoms with Crippen LogP contribution in [0.15, 0.2) is 36.4 Å². The normalized spacial score (nSPS) is 7.50. The van der Waals surface area contributed by atoms with E-state index in [2.05, 4.69) is 19.2 Å². The van der Waals surface area contributed by atoms with Gasteiger partial charge in [-0.05, 0) is 13.1 Å². The van der Waals surface area contributed by atoms with E-state index in [1.165, 1.54) is 0 Å². The Kier molecular flexibility index (Phi) is 15.8. The van der Waals surface area contributed by atoms with Crippen LogP contribution in [0.25, 0.3) is 0 Å². The Bertz CT molecular complexity index is 113. The third-order valence-corrected chi connectivity index (χ3v) is 1.17. The second kappa shape index (κ2) is 13.3. The van der Waals surface area contributed by atoms with E-state index in [0.717, 1.165) is 13.1 Å². The number of hydrogen-bond acceptors (Lipinski definition) is 1. The van der Waals surface area contributed by atoms with Gasteiger partial charge in [0.15, 0.2) is 17.4 Å². The molecule has 1 nitrogen and oxygen atoms in total. The van der Waals surface area contributed by atoms with E-state index in [4.69, 9.17) is 0 Å². The van der Waals surface area contributed by atoms with Crippen LogP contribution in [0.1, 0.15) is 13.8 Å².